The number of aromatic nitrogens is 3. The molecule has 310 valence electrons. The van der Waals surface area contributed by atoms with Gasteiger partial charge in [0, 0.05) is 39.5 Å². The van der Waals surface area contributed by atoms with Crippen molar-refractivity contribution >= 4 is 65.0 Å². The minimum Gasteiger partial charge on any atom is -0.254 e. The topological polar surface area (TPSA) is 38.7 Å². The van der Waals surface area contributed by atoms with E-state index in [0.717, 1.165) is 60.5 Å². The van der Waals surface area contributed by atoms with Gasteiger partial charge in [-0.05, 0) is 131 Å². The summed E-state index contributed by atoms with van der Waals surface area (Å²) in [5.74, 6) is 0. The monoisotopic (exact) mass is 849 g/mol. The van der Waals surface area contributed by atoms with Crippen LogP contribution in [0.2, 0.25) is 0 Å². The van der Waals surface area contributed by atoms with E-state index in [0.29, 0.717) is 0 Å². The lowest BCUT2D eigenvalue weighted by molar-refractivity contribution is 0.769. The molecule has 0 N–H and O–H groups in total. The summed E-state index contributed by atoms with van der Waals surface area (Å²) in [6, 6.07) is 82.3. The number of benzene rings is 10. The molecule has 13 aromatic rings. The normalized spacial score (nSPS) is 12.9. The zero-order valence-electron chi connectivity index (χ0n) is 36.4. The third-order valence-electron chi connectivity index (χ3n) is 14.4. The van der Waals surface area contributed by atoms with Crippen LogP contribution in [0.25, 0.3) is 110 Å². The molecule has 67 heavy (non-hydrogen) atoms. The van der Waals surface area contributed by atoms with Gasteiger partial charge in [0.25, 0.3) is 0 Å². The highest BCUT2D eigenvalue weighted by atomic mass is 14.7. The Kier molecular flexibility index (Phi) is 8.20. The smallest absolute Gasteiger partial charge is 0.0970 e. The van der Waals surface area contributed by atoms with Gasteiger partial charge in [0.05, 0.1) is 27.7 Å². The Morgan fingerprint density at radius 1 is 0.299 bits per heavy atom. The first-order chi connectivity index (χ1) is 33.2. The Hall–Kier alpha value is -8.79. The summed E-state index contributed by atoms with van der Waals surface area (Å²) in [6.45, 7) is 0. The molecule has 0 spiro atoms. The van der Waals surface area contributed by atoms with E-state index in [2.05, 4.69) is 223 Å². The number of nitrogens with zero attached hydrogens (tertiary/aromatic N) is 3. The number of hydrogen-bond acceptors (Lipinski definition) is 3. The van der Waals surface area contributed by atoms with Crippen LogP contribution in [-0.2, 0) is 5.41 Å². The average molecular weight is 850 g/mol. The molecule has 0 fully saturated rings. The molecule has 3 heteroatoms. The second kappa shape index (κ2) is 14.6. The van der Waals surface area contributed by atoms with Crippen molar-refractivity contribution in [3.8, 4) is 44.6 Å². The van der Waals surface area contributed by atoms with Gasteiger partial charge in [-0.3, -0.25) is 9.97 Å². The van der Waals surface area contributed by atoms with Gasteiger partial charge in [0.2, 0.25) is 0 Å². The van der Waals surface area contributed by atoms with Gasteiger partial charge in [-0.2, -0.15) is 0 Å². The van der Waals surface area contributed by atoms with Crippen LogP contribution in [0, 0.1) is 0 Å². The highest BCUT2D eigenvalue weighted by molar-refractivity contribution is 6.15. The predicted molar refractivity (Wildman–Crippen MR) is 278 cm³/mol. The van der Waals surface area contributed by atoms with Crippen LogP contribution >= 0.6 is 0 Å². The second-order valence-corrected chi connectivity index (χ2v) is 17.9. The van der Waals surface area contributed by atoms with Gasteiger partial charge in [-0.25, -0.2) is 4.98 Å². The first kappa shape index (κ1) is 37.6. The first-order valence-electron chi connectivity index (χ1n) is 23.0. The fourth-order valence-corrected chi connectivity index (χ4v) is 11.4. The van der Waals surface area contributed by atoms with E-state index in [9.17, 15) is 0 Å². The van der Waals surface area contributed by atoms with Crippen LogP contribution in [0.4, 0.5) is 0 Å². The van der Waals surface area contributed by atoms with Crippen molar-refractivity contribution in [1.29, 1.82) is 0 Å². The van der Waals surface area contributed by atoms with E-state index in [1.807, 2.05) is 18.5 Å². The Bertz CT molecular complexity index is 4120. The fraction of sp³-hybridized carbons (Fsp3) is 0.0156. The van der Waals surface area contributed by atoms with Gasteiger partial charge in [0.15, 0.2) is 0 Å². The lowest BCUT2D eigenvalue weighted by Crippen LogP contribution is -2.28. The SMILES string of the molecule is c1ccc(C2(c3ccccc3)c3ccccc3-c3cc4c(-c5cccc(-c6ccc7c(ccc8cc(-c9ccnc%10c9ccc9cccnc9%10)ccc87)c6)c5)nc5ccccc5c4cc32)cc1. The average Bonchev–Trinajstić information content (AvgIpc) is 3.70. The molecule has 0 radical (unpaired) electrons. The number of para-hydroxylation sites is 1. The van der Waals surface area contributed by atoms with E-state index < -0.39 is 5.41 Å². The molecule has 1 aliphatic carbocycles. The second-order valence-electron chi connectivity index (χ2n) is 17.9. The van der Waals surface area contributed by atoms with E-state index >= 15 is 0 Å². The largest absolute Gasteiger partial charge is 0.254 e. The molecule has 0 bridgehead atoms. The van der Waals surface area contributed by atoms with Crippen LogP contribution in [0.15, 0.2) is 237 Å². The molecule has 3 nitrogen and oxygen atoms in total. The van der Waals surface area contributed by atoms with Crippen LogP contribution in [-0.4, -0.2) is 15.0 Å². The third kappa shape index (κ3) is 5.62. The van der Waals surface area contributed by atoms with Gasteiger partial charge in [-0.1, -0.05) is 176 Å². The van der Waals surface area contributed by atoms with Crippen molar-refractivity contribution in [2.75, 3.05) is 0 Å². The number of rotatable bonds is 5. The number of pyridine rings is 3. The zero-order valence-corrected chi connectivity index (χ0v) is 36.4. The molecule has 0 aliphatic heterocycles. The highest BCUT2D eigenvalue weighted by Gasteiger charge is 2.46. The zero-order chi connectivity index (χ0) is 44.1. The lowest BCUT2D eigenvalue weighted by atomic mass is 9.67. The standard InChI is InChI=1S/C64H39N3/c1-3-16-47(17-4-1)64(48-18-5-2-6-19-48)58-22-9-7-20-52(58)56-38-57-55(39-59(56)64)53-21-8-10-23-60(53)67-61(57)46-14-11-13-41(36-46)42-27-29-49-43(35-42)24-25-44-37-45(28-30-50(44)49)51-32-34-66-63-54(51)31-26-40-15-12-33-65-62(40)63/h1-39H. The van der Waals surface area contributed by atoms with E-state index in [-0.39, 0.29) is 0 Å². The highest BCUT2D eigenvalue weighted by Crippen LogP contribution is 2.57. The summed E-state index contributed by atoms with van der Waals surface area (Å²) in [6.07, 6.45) is 3.74. The van der Waals surface area contributed by atoms with Crippen molar-refractivity contribution in [3.05, 3.63) is 259 Å². The van der Waals surface area contributed by atoms with Gasteiger partial charge in [-0.15, -0.1) is 0 Å². The van der Waals surface area contributed by atoms with Crippen LogP contribution in [0.1, 0.15) is 22.3 Å². The van der Waals surface area contributed by atoms with Crippen LogP contribution in [0.3, 0.4) is 0 Å². The molecule has 0 saturated carbocycles. The summed E-state index contributed by atoms with van der Waals surface area (Å²) in [7, 11) is 0. The molecule has 14 rings (SSSR count). The van der Waals surface area contributed by atoms with E-state index in [1.165, 1.54) is 71.4 Å². The van der Waals surface area contributed by atoms with E-state index in [4.69, 9.17) is 9.97 Å². The maximum Gasteiger partial charge on any atom is 0.0970 e. The summed E-state index contributed by atoms with van der Waals surface area (Å²) >= 11 is 0. The maximum atomic E-state index is 5.48. The molecule has 0 amide bonds. The molecule has 3 aromatic heterocycles. The molecular formula is C64H39N3. The minimum absolute atomic E-state index is 0.487. The summed E-state index contributed by atoms with van der Waals surface area (Å²) in [5.41, 5.74) is 16.7. The summed E-state index contributed by atoms with van der Waals surface area (Å²) < 4.78 is 0. The maximum absolute atomic E-state index is 5.48. The molecular weight excluding hydrogens is 811 g/mol. The Morgan fingerprint density at radius 3 is 1.78 bits per heavy atom. The third-order valence-corrected chi connectivity index (χ3v) is 14.4. The van der Waals surface area contributed by atoms with Gasteiger partial charge < -0.3 is 0 Å². The van der Waals surface area contributed by atoms with Crippen molar-refractivity contribution < 1.29 is 0 Å². The molecule has 1 aliphatic rings. The quantitative estimate of drug-likeness (QED) is 0.162. The Labute approximate surface area is 387 Å². The lowest BCUT2D eigenvalue weighted by Gasteiger charge is -2.34. The number of fused-ring (bicyclic) bond motifs is 12. The van der Waals surface area contributed by atoms with Crippen molar-refractivity contribution in [1.82, 2.24) is 15.0 Å². The molecule has 0 atom stereocenters. The molecule has 3 heterocycles. The van der Waals surface area contributed by atoms with Gasteiger partial charge in [0.1, 0.15) is 0 Å². The minimum atomic E-state index is -0.487. The van der Waals surface area contributed by atoms with E-state index in [1.54, 1.807) is 0 Å². The predicted octanol–water partition coefficient (Wildman–Crippen LogP) is 16.2. The van der Waals surface area contributed by atoms with Crippen molar-refractivity contribution in [2.45, 2.75) is 5.41 Å². The van der Waals surface area contributed by atoms with Crippen molar-refractivity contribution in [2.24, 2.45) is 0 Å². The molecule has 0 saturated heterocycles. The molecule has 10 aromatic carbocycles. The Morgan fingerprint density at radius 2 is 0.955 bits per heavy atom. The van der Waals surface area contributed by atoms with Crippen LogP contribution in [0.5, 0.6) is 0 Å². The first-order valence-corrected chi connectivity index (χ1v) is 23.0. The molecule has 0 unspecified atom stereocenters. The van der Waals surface area contributed by atoms with Crippen molar-refractivity contribution in [3.63, 3.8) is 0 Å². The fourth-order valence-electron chi connectivity index (χ4n) is 11.4. The summed E-state index contributed by atoms with van der Waals surface area (Å²) in [5, 5.41) is 10.6. The summed E-state index contributed by atoms with van der Waals surface area (Å²) in [4.78, 5) is 14.9. The Balaban J connectivity index is 0.899. The van der Waals surface area contributed by atoms with Crippen LogP contribution < -0.4 is 0 Å². The van der Waals surface area contributed by atoms with Gasteiger partial charge >= 0.3 is 0 Å². The number of hydrogen-bond donors (Lipinski definition) is 0.